The molecule has 0 aliphatic heterocycles. The van der Waals surface area contributed by atoms with Crippen molar-refractivity contribution in [2.75, 3.05) is 12.4 Å². The lowest BCUT2D eigenvalue weighted by Gasteiger charge is -2.10. The molecule has 1 aromatic carbocycles. The van der Waals surface area contributed by atoms with Gasteiger partial charge in [0.25, 0.3) is 0 Å². The van der Waals surface area contributed by atoms with Crippen molar-refractivity contribution in [2.45, 2.75) is 29.9 Å². The minimum absolute atomic E-state index is 0.0452. The number of aryl methyl sites for hydroxylation is 2. The van der Waals surface area contributed by atoms with E-state index in [0.717, 1.165) is 22.1 Å². The maximum atomic E-state index is 12.8. The maximum Gasteiger partial charge on any atom is 0.433 e. The highest BCUT2D eigenvalue weighted by atomic mass is 32.2. The zero-order valence-corrected chi connectivity index (χ0v) is 12.6. The van der Waals surface area contributed by atoms with Gasteiger partial charge in [-0.3, -0.25) is 0 Å². The van der Waals surface area contributed by atoms with E-state index in [9.17, 15) is 13.2 Å². The van der Waals surface area contributed by atoms with Gasteiger partial charge in [0.05, 0.1) is 0 Å². The Morgan fingerprint density at radius 3 is 2.33 bits per heavy atom. The van der Waals surface area contributed by atoms with E-state index in [-0.39, 0.29) is 11.0 Å². The molecule has 112 valence electrons. The quantitative estimate of drug-likeness (QED) is 0.857. The molecule has 0 atom stereocenters. The van der Waals surface area contributed by atoms with Gasteiger partial charge >= 0.3 is 6.18 Å². The number of hydrogen-bond acceptors (Lipinski definition) is 4. The van der Waals surface area contributed by atoms with E-state index in [1.165, 1.54) is 18.8 Å². The Kier molecular flexibility index (Phi) is 4.41. The van der Waals surface area contributed by atoms with E-state index < -0.39 is 11.9 Å². The minimum Gasteiger partial charge on any atom is -0.357 e. The molecular weight excluding hydrogens is 299 g/mol. The largest absolute Gasteiger partial charge is 0.433 e. The molecule has 0 amide bonds. The lowest BCUT2D eigenvalue weighted by molar-refractivity contribution is -0.141. The van der Waals surface area contributed by atoms with E-state index in [2.05, 4.69) is 15.3 Å². The lowest BCUT2D eigenvalue weighted by atomic mass is 10.1. The molecule has 1 N–H and O–H groups in total. The average molecular weight is 313 g/mol. The van der Waals surface area contributed by atoms with Crippen LogP contribution in [-0.4, -0.2) is 17.0 Å². The summed E-state index contributed by atoms with van der Waals surface area (Å²) in [5, 5.41) is 2.81. The number of nitrogens with zero attached hydrogens (tertiary/aromatic N) is 2. The van der Waals surface area contributed by atoms with Crippen LogP contribution in [-0.2, 0) is 6.18 Å². The summed E-state index contributed by atoms with van der Waals surface area (Å²) >= 11 is 1.18. The zero-order chi connectivity index (χ0) is 15.6. The van der Waals surface area contributed by atoms with Crippen LogP contribution < -0.4 is 5.32 Å². The Morgan fingerprint density at radius 2 is 1.76 bits per heavy atom. The van der Waals surface area contributed by atoms with Gasteiger partial charge in [-0.1, -0.05) is 17.8 Å². The van der Waals surface area contributed by atoms with Crippen LogP contribution in [0.5, 0.6) is 0 Å². The first-order valence-corrected chi connectivity index (χ1v) is 7.00. The molecule has 0 bridgehead atoms. The number of anilines is 1. The van der Waals surface area contributed by atoms with Crippen molar-refractivity contribution < 1.29 is 13.2 Å². The third-order valence-electron chi connectivity index (χ3n) is 2.92. The Balaban J connectivity index is 2.36. The van der Waals surface area contributed by atoms with E-state index in [1.807, 2.05) is 32.0 Å². The van der Waals surface area contributed by atoms with Crippen LogP contribution in [0.3, 0.4) is 0 Å². The fourth-order valence-corrected chi connectivity index (χ4v) is 2.55. The molecule has 0 aliphatic carbocycles. The Morgan fingerprint density at radius 1 is 1.05 bits per heavy atom. The highest BCUT2D eigenvalue weighted by molar-refractivity contribution is 7.99. The van der Waals surface area contributed by atoms with Crippen molar-refractivity contribution in [3.8, 4) is 0 Å². The molecule has 1 heterocycles. The summed E-state index contributed by atoms with van der Waals surface area (Å²) in [6, 6.07) is 6.68. The third-order valence-corrected chi connectivity index (χ3v) is 3.83. The first kappa shape index (κ1) is 15.6. The summed E-state index contributed by atoms with van der Waals surface area (Å²) in [6.45, 7) is 3.94. The summed E-state index contributed by atoms with van der Waals surface area (Å²) in [4.78, 5) is 8.33. The van der Waals surface area contributed by atoms with Crippen LogP contribution in [0, 0.1) is 13.8 Å². The molecule has 0 unspecified atom stereocenters. The van der Waals surface area contributed by atoms with Crippen LogP contribution >= 0.6 is 11.8 Å². The van der Waals surface area contributed by atoms with E-state index >= 15 is 0 Å². The van der Waals surface area contributed by atoms with Crippen molar-refractivity contribution in [2.24, 2.45) is 0 Å². The molecule has 1 aromatic heterocycles. The molecule has 0 aliphatic rings. The van der Waals surface area contributed by atoms with Gasteiger partial charge in [0.2, 0.25) is 5.95 Å². The highest BCUT2D eigenvalue weighted by Crippen LogP contribution is 2.33. The molecule has 0 radical (unpaired) electrons. The predicted octanol–water partition coefficient (Wildman–Crippen LogP) is 4.31. The first-order valence-electron chi connectivity index (χ1n) is 6.19. The summed E-state index contributed by atoms with van der Waals surface area (Å²) in [6.07, 6.45) is -4.49. The number of rotatable bonds is 3. The highest BCUT2D eigenvalue weighted by Gasteiger charge is 2.33. The summed E-state index contributed by atoms with van der Waals surface area (Å²) in [5.41, 5.74) is 1.26. The number of alkyl halides is 3. The predicted molar refractivity (Wildman–Crippen MR) is 76.6 cm³/mol. The number of halogens is 3. The molecule has 0 spiro atoms. The van der Waals surface area contributed by atoms with Crippen molar-refractivity contribution in [3.05, 3.63) is 41.1 Å². The van der Waals surface area contributed by atoms with Gasteiger partial charge in [-0.2, -0.15) is 13.2 Å². The van der Waals surface area contributed by atoms with Crippen LogP contribution in [0.4, 0.5) is 19.1 Å². The van der Waals surface area contributed by atoms with E-state index in [1.54, 1.807) is 0 Å². The zero-order valence-electron chi connectivity index (χ0n) is 11.7. The third kappa shape index (κ3) is 3.87. The molecular formula is C14H14F3N3S. The standard InChI is InChI=1S/C14H14F3N3S/c1-8-4-5-10(6-9(8)2)21-12-7-11(14(15,16)17)19-13(18-3)20-12/h4-7H,1-3H3,(H,18,19,20). The second kappa shape index (κ2) is 5.93. The second-order valence-electron chi connectivity index (χ2n) is 4.51. The van der Waals surface area contributed by atoms with E-state index in [0.29, 0.717) is 0 Å². The fraction of sp³-hybridized carbons (Fsp3) is 0.286. The Labute approximate surface area is 125 Å². The summed E-state index contributed by atoms with van der Waals surface area (Å²) < 4.78 is 38.4. The monoisotopic (exact) mass is 313 g/mol. The molecule has 7 heteroatoms. The van der Waals surface area contributed by atoms with Gasteiger partial charge in [-0.15, -0.1) is 0 Å². The molecule has 21 heavy (non-hydrogen) atoms. The van der Waals surface area contributed by atoms with Gasteiger partial charge < -0.3 is 5.32 Å². The number of hydrogen-bond donors (Lipinski definition) is 1. The van der Waals surface area contributed by atoms with Gasteiger partial charge in [-0.25, -0.2) is 9.97 Å². The van der Waals surface area contributed by atoms with Crippen molar-refractivity contribution in [1.29, 1.82) is 0 Å². The summed E-state index contributed by atoms with van der Waals surface area (Å²) in [5.74, 6) is -0.0452. The number of aromatic nitrogens is 2. The molecule has 0 saturated heterocycles. The lowest BCUT2D eigenvalue weighted by Crippen LogP contribution is -2.11. The van der Waals surface area contributed by atoms with Gasteiger partial charge in [0.1, 0.15) is 5.03 Å². The number of nitrogens with one attached hydrogen (secondary N) is 1. The van der Waals surface area contributed by atoms with Gasteiger partial charge in [-0.05, 0) is 37.1 Å². The topological polar surface area (TPSA) is 37.8 Å². The van der Waals surface area contributed by atoms with Crippen LogP contribution in [0.25, 0.3) is 0 Å². The van der Waals surface area contributed by atoms with Crippen LogP contribution in [0.15, 0.2) is 34.2 Å². The smallest absolute Gasteiger partial charge is 0.357 e. The average Bonchev–Trinajstić information content (AvgIpc) is 2.41. The normalized spacial score (nSPS) is 11.5. The second-order valence-corrected chi connectivity index (χ2v) is 5.60. The first-order chi connectivity index (χ1) is 9.79. The molecule has 0 fully saturated rings. The van der Waals surface area contributed by atoms with Crippen molar-refractivity contribution in [1.82, 2.24) is 9.97 Å². The minimum atomic E-state index is -4.49. The van der Waals surface area contributed by atoms with Crippen molar-refractivity contribution >= 4 is 17.7 Å². The SMILES string of the molecule is CNc1nc(Sc2ccc(C)c(C)c2)cc(C(F)(F)F)n1. The van der Waals surface area contributed by atoms with Crippen LogP contribution in [0.2, 0.25) is 0 Å². The number of benzene rings is 1. The van der Waals surface area contributed by atoms with Gasteiger partial charge in [0, 0.05) is 18.0 Å². The van der Waals surface area contributed by atoms with Crippen LogP contribution in [0.1, 0.15) is 16.8 Å². The molecule has 0 saturated carbocycles. The van der Waals surface area contributed by atoms with Gasteiger partial charge in [0.15, 0.2) is 5.69 Å². The molecule has 3 nitrogen and oxygen atoms in total. The van der Waals surface area contributed by atoms with Crippen molar-refractivity contribution in [3.63, 3.8) is 0 Å². The Hall–Kier alpha value is -1.76. The summed E-state index contributed by atoms with van der Waals surface area (Å²) in [7, 11) is 1.49. The molecule has 2 rings (SSSR count). The fourth-order valence-electron chi connectivity index (χ4n) is 1.63. The van der Waals surface area contributed by atoms with E-state index in [4.69, 9.17) is 0 Å². The molecule has 2 aromatic rings. The Bertz CT molecular complexity index is 656. The maximum absolute atomic E-state index is 12.8.